The summed E-state index contributed by atoms with van der Waals surface area (Å²) in [6.45, 7) is 0.666. The number of carboxylic acid groups (broad SMARTS) is 1. The Morgan fingerprint density at radius 3 is 2.67 bits per heavy atom. The van der Waals surface area contributed by atoms with Crippen molar-refractivity contribution in [2.75, 3.05) is 6.54 Å². The van der Waals surface area contributed by atoms with Gasteiger partial charge in [0.25, 0.3) is 0 Å². The molecule has 0 aliphatic heterocycles. The summed E-state index contributed by atoms with van der Waals surface area (Å²) < 4.78 is 4.97. The van der Waals surface area contributed by atoms with Gasteiger partial charge in [-0.2, -0.15) is 0 Å². The summed E-state index contributed by atoms with van der Waals surface area (Å²) in [5, 5.41) is 19.4. The Balaban J connectivity index is 0.000000222. The molecule has 0 saturated heterocycles. The fraction of sp³-hybridized carbons (Fsp3) is 0.357. The average Bonchev–Trinajstić information content (AvgIpc) is 2.92. The number of benzene rings is 1. The molecule has 0 amide bonds. The molecule has 1 aromatic heterocycles. The summed E-state index contributed by atoms with van der Waals surface area (Å²) in [5.74, 6) is -0.716. The molecule has 0 saturated carbocycles. The molecule has 0 radical (unpaired) electrons. The summed E-state index contributed by atoms with van der Waals surface area (Å²) in [6, 6.07) is 6.52. The van der Waals surface area contributed by atoms with Crippen molar-refractivity contribution in [3.8, 4) is 0 Å². The quantitative estimate of drug-likeness (QED) is 0.480. The van der Waals surface area contributed by atoms with Gasteiger partial charge in [0.05, 0.1) is 11.2 Å². The second kappa shape index (κ2) is 8.70. The normalized spacial score (nSPS) is 9.95. The number of aliphatic carboxylic acids is 1. The van der Waals surface area contributed by atoms with E-state index in [1.807, 2.05) is 0 Å². The molecule has 0 atom stereocenters. The van der Waals surface area contributed by atoms with Gasteiger partial charge < -0.3 is 15.3 Å². The maximum absolute atomic E-state index is 10.5. The van der Waals surface area contributed by atoms with Gasteiger partial charge in [-0.15, -0.1) is 0 Å². The molecular formula is C14H18N2O5. The third-order valence-corrected chi connectivity index (χ3v) is 2.75. The zero-order valence-corrected chi connectivity index (χ0v) is 11.5. The maximum atomic E-state index is 10.5. The van der Waals surface area contributed by atoms with Crippen LogP contribution < -0.4 is 5.73 Å². The van der Waals surface area contributed by atoms with Gasteiger partial charge in [-0.05, 0) is 25.5 Å². The van der Waals surface area contributed by atoms with E-state index >= 15 is 0 Å². The highest BCUT2D eigenvalue weighted by Crippen LogP contribution is 2.25. The lowest BCUT2D eigenvalue weighted by molar-refractivity contribution is -0.383. The third kappa shape index (κ3) is 5.62. The van der Waals surface area contributed by atoms with E-state index in [-0.39, 0.29) is 12.1 Å². The monoisotopic (exact) mass is 294 g/mol. The van der Waals surface area contributed by atoms with E-state index in [2.05, 4.69) is 0 Å². The fourth-order valence-electron chi connectivity index (χ4n) is 1.72. The van der Waals surface area contributed by atoms with Crippen molar-refractivity contribution in [3.63, 3.8) is 0 Å². The number of nitrogens with zero attached hydrogens (tertiary/aromatic N) is 1. The molecule has 1 aromatic carbocycles. The van der Waals surface area contributed by atoms with E-state index in [1.54, 1.807) is 18.2 Å². The summed E-state index contributed by atoms with van der Waals surface area (Å²) in [6.07, 6.45) is 4.35. The number of hydrogen-bond donors (Lipinski definition) is 2. The Kier molecular flexibility index (Phi) is 6.90. The van der Waals surface area contributed by atoms with Crippen molar-refractivity contribution in [1.29, 1.82) is 0 Å². The van der Waals surface area contributed by atoms with Crippen LogP contribution in [0.25, 0.3) is 11.0 Å². The highest BCUT2D eigenvalue weighted by Gasteiger charge is 2.12. The van der Waals surface area contributed by atoms with E-state index in [0.29, 0.717) is 12.1 Å². The smallest absolute Gasteiger partial charge is 0.312 e. The second-order valence-corrected chi connectivity index (χ2v) is 4.37. The first-order valence-corrected chi connectivity index (χ1v) is 6.58. The maximum Gasteiger partial charge on any atom is 0.312 e. The molecule has 0 fully saturated rings. The predicted octanol–water partition coefficient (Wildman–Crippen LogP) is 2.93. The van der Waals surface area contributed by atoms with Crippen LogP contribution in [0.1, 0.15) is 25.7 Å². The van der Waals surface area contributed by atoms with Crippen LogP contribution in [0.2, 0.25) is 0 Å². The van der Waals surface area contributed by atoms with Crippen LogP contribution in [0, 0.1) is 10.1 Å². The summed E-state index contributed by atoms with van der Waals surface area (Å²) >= 11 is 0. The number of carboxylic acids is 1. The highest BCUT2D eigenvalue weighted by molar-refractivity contribution is 5.85. The van der Waals surface area contributed by atoms with Crippen LogP contribution in [0.3, 0.4) is 0 Å². The number of hydrogen-bond acceptors (Lipinski definition) is 5. The number of carbonyl (C=O) groups is 1. The van der Waals surface area contributed by atoms with Crippen molar-refractivity contribution in [2.45, 2.75) is 25.7 Å². The minimum Gasteiger partial charge on any atom is -0.481 e. The number of non-ortho nitro benzene ring substituents is 1. The molecule has 7 nitrogen and oxygen atoms in total. The van der Waals surface area contributed by atoms with Gasteiger partial charge in [0.15, 0.2) is 0 Å². The van der Waals surface area contributed by atoms with Gasteiger partial charge in [0, 0.05) is 17.9 Å². The first kappa shape index (κ1) is 16.6. The average molecular weight is 294 g/mol. The van der Waals surface area contributed by atoms with Crippen LogP contribution in [0.5, 0.6) is 0 Å². The van der Waals surface area contributed by atoms with Crippen molar-refractivity contribution in [1.82, 2.24) is 0 Å². The van der Waals surface area contributed by atoms with E-state index in [9.17, 15) is 14.9 Å². The molecule has 0 spiro atoms. The van der Waals surface area contributed by atoms with Crippen LogP contribution in [0.15, 0.2) is 34.9 Å². The van der Waals surface area contributed by atoms with Crippen LogP contribution in [0.4, 0.5) is 5.69 Å². The molecular weight excluding hydrogens is 276 g/mol. The number of fused-ring (bicyclic) bond motifs is 1. The van der Waals surface area contributed by atoms with Crippen molar-refractivity contribution < 1.29 is 19.2 Å². The lowest BCUT2D eigenvalue weighted by atomic mass is 10.2. The number of rotatable bonds is 6. The Labute approximate surface area is 121 Å². The van der Waals surface area contributed by atoms with Gasteiger partial charge >= 0.3 is 11.7 Å². The third-order valence-electron chi connectivity index (χ3n) is 2.75. The molecule has 3 N–H and O–H groups in total. The predicted molar refractivity (Wildman–Crippen MR) is 78.0 cm³/mol. The zero-order chi connectivity index (χ0) is 15.7. The van der Waals surface area contributed by atoms with E-state index < -0.39 is 10.9 Å². The van der Waals surface area contributed by atoms with Crippen LogP contribution in [-0.2, 0) is 4.79 Å². The molecule has 0 unspecified atom stereocenters. The molecule has 2 aromatic rings. The van der Waals surface area contributed by atoms with Gasteiger partial charge in [0.1, 0.15) is 0 Å². The Morgan fingerprint density at radius 1 is 1.29 bits per heavy atom. The SMILES string of the molecule is NCCCCCC(=O)O.O=[N+]([O-])c1cccc2ccoc12. The molecule has 0 aliphatic carbocycles. The Morgan fingerprint density at radius 2 is 2.05 bits per heavy atom. The van der Waals surface area contributed by atoms with E-state index in [0.717, 1.165) is 24.6 Å². The molecule has 2 rings (SSSR count). The first-order valence-electron chi connectivity index (χ1n) is 6.58. The lowest BCUT2D eigenvalue weighted by Gasteiger charge is -1.93. The number of furan rings is 1. The first-order chi connectivity index (χ1) is 10.1. The molecule has 0 aliphatic rings. The molecule has 7 heteroatoms. The molecule has 21 heavy (non-hydrogen) atoms. The van der Waals surface area contributed by atoms with Crippen molar-refractivity contribution in [3.05, 3.63) is 40.6 Å². The van der Waals surface area contributed by atoms with Crippen molar-refractivity contribution in [2.24, 2.45) is 5.73 Å². The standard InChI is InChI=1S/C8H5NO3.C6H13NO2/c10-9(11)7-3-1-2-6-4-5-12-8(6)7;7-5-3-1-2-4-6(8)9/h1-5H;1-5,7H2,(H,8,9). The number of para-hydroxylation sites is 1. The summed E-state index contributed by atoms with van der Waals surface area (Å²) in [4.78, 5) is 19.9. The van der Waals surface area contributed by atoms with Crippen LogP contribution in [-0.4, -0.2) is 22.5 Å². The summed E-state index contributed by atoms with van der Waals surface area (Å²) in [7, 11) is 0. The number of nitrogens with two attached hydrogens (primary N) is 1. The molecule has 114 valence electrons. The lowest BCUT2D eigenvalue weighted by Crippen LogP contribution is -1.99. The van der Waals surface area contributed by atoms with Gasteiger partial charge in [-0.25, -0.2) is 0 Å². The van der Waals surface area contributed by atoms with Gasteiger partial charge in [-0.1, -0.05) is 18.6 Å². The number of nitro benzene ring substituents is 1. The Hall–Kier alpha value is -2.41. The minimum atomic E-state index is -0.716. The van der Waals surface area contributed by atoms with Gasteiger partial charge in [-0.3, -0.25) is 14.9 Å². The van der Waals surface area contributed by atoms with Crippen molar-refractivity contribution >= 4 is 22.6 Å². The number of unbranched alkanes of at least 4 members (excludes halogenated alkanes) is 2. The van der Waals surface area contributed by atoms with E-state index in [1.165, 1.54) is 12.3 Å². The van der Waals surface area contributed by atoms with E-state index in [4.69, 9.17) is 15.3 Å². The molecule has 1 heterocycles. The molecule has 0 bridgehead atoms. The zero-order valence-electron chi connectivity index (χ0n) is 11.5. The second-order valence-electron chi connectivity index (χ2n) is 4.37. The van der Waals surface area contributed by atoms with Crippen LogP contribution >= 0.6 is 0 Å². The summed E-state index contributed by atoms with van der Waals surface area (Å²) in [5.41, 5.74) is 5.55. The van der Waals surface area contributed by atoms with Gasteiger partial charge in [0.2, 0.25) is 5.58 Å². The largest absolute Gasteiger partial charge is 0.481 e. The Bertz CT molecular complexity index is 594. The number of nitro groups is 1. The topological polar surface area (TPSA) is 120 Å². The fourth-order valence-corrected chi connectivity index (χ4v) is 1.72. The highest BCUT2D eigenvalue weighted by atomic mass is 16.6. The minimum absolute atomic E-state index is 0.0116.